The predicted molar refractivity (Wildman–Crippen MR) is 87.5 cm³/mol. The van der Waals surface area contributed by atoms with Crippen LogP contribution in [0.5, 0.6) is 0 Å². The Hall–Kier alpha value is -1.57. The Morgan fingerprint density at radius 1 is 1.43 bits per heavy atom. The first-order chi connectivity index (χ1) is 10.9. The van der Waals surface area contributed by atoms with Gasteiger partial charge in [-0.25, -0.2) is 0 Å². The number of hydrogen-bond donors (Lipinski definition) is 1. The maximum Gasteiger partial charge on any atom is 0.267 e. The number of piperidine rings is 1. The molecule has 3 aliphatic rings. The summed E-state index contributed by atoms with van der Waals surface area (Å²) in [5, 5.41) is 12.3. The van der Waals surface area contributed by atoms with Gasteiger partial charge in [-0.2, -0.15) is 10.3 Å². The summed E-state index contributed by atoms with van der Waals surface area (Å²) in [7, 11) is 0. The molecule has 2 aliphatic carbocycles. The van der Waals surface area contributed by atoms with Crippen molar-refractivity contribution in [1.29, 1.82) is 5.26 Å². The maximum absolute atomic E-state index is 12.6. The zero-order chi connectivity index (χ0) is 16.5. The Morgan fingerprint density at radius 2 is 2.17 bits per heavy atom. The molecule has 4 atom stereocenters. The van der Waals surface area contributed by atoms with Crippen LogP contribution in [0.4, 0.5) is 0 Å². The third-order valence-electron chi connectivity index (χ3n) is 7.10. The third-order valence-corrected chi connectivity index (χ3v) is 7.43. The first kappa shape index (κ1) is 15.0. The lowest BCUT2D eigenvalue weighted by molar-refractivity contribution is 0.0240. The van der Waals surface area contributed by atoms with Crippen LogP contribution in [-0.2, 0) is 0 Å². The van der Waals surface area contributed by atoms with Gasteiger partial charge in [-0.05, 0) is 42.7 Å². The Kier molecular flexibility index (Phi) is 2.93. The van der Waals surface area contributed by atoms with Gasteiger partial charge >= 0.3 is 0 Å². The average Bonchev–Trinajstić information content (AvgIpc) is 2.96. The normalized spacial score (nSPS) is 41.0. The lowest BCUT2D eigenvalue weighted by atomic mass is 9.66. The van der Waals surface area contributed by atoms with Crippen molar-refractivity contribution in [2.45, 2.75) is 38.6 Å². The van der Waals surface area contributed by atoms with E-state index in [-0.39, 0.29) is 16.7 Å². The molecule has 1 heterocycles. The Labute approximate surface area is 141 Å². The van der Waals surface area contributed by atoms with E-state index in [0.29, 0.717) is 16.5 Å². The van der Waals surface area contributed by atoms with Gasteiger partial charge in [0.05, 0.1) is 16.7 Å². The van der Waals surface area contributed by atoms with Crippen LogP contribution in [0, 0.1) is 28.1 Å². The molecule has 1 saturated heterocycles. The fraction of sp³-hybridized carbons (Fsp3) is 0.556. The van der Waals surface area contributed by atoms with Crippen molar-refractivity contribution in [2.75, 3.05) is 6.54 Å². The summed E-state index contributed by atoms with van der Waals surface area (Å²) in [5.74, 6) is 0.349. The minimum absolute atomic E-state index is 0.0623. The summed E-state index contributed by atoms with van der Waals surface area (Å²) in [6.07, 6.45) is 3.10. The number of carbonyl (C=O) groups is 1. The van der Waals surface area contributed by atoms with E-state index in [4.69, 9.17) is 11.6 Å². The van der Waals surface area contributed by atoms with Gasteiger partial charge in [0, 0.05) is 12.0 Å². The second kappa shape index (κ2) is 4.49. The summed E-state index contributed by atoms with van der Waals surface area (Å²) < 4.78 is 0. The molecule has 23 heavy (non-hydrogen) atoms. The predicted octanol–water partition coefficient (Wildman–Crippen LogP) is 3.39. The molecule has 0 spiro atoms. The molecule has 1 aromatic carbocycles. The van der Waals surface area contributed by atoms with Crippen LogP contribution >= 0.6 is 11.6 Å². The molecule has 1 N–H and O–H groups in total. The van der Waals surface area contributed by atoms with Gasteiger partial charge in [0.1, 0.15) is 5.54 Å². The Bertz CT molecular complexity index is 744. The van der Waals surface area contributed by atoms with Crippen molar-refractivity contribution < 1.29 is 4.79 Å². The number of carbonyl (C=O) groups excluding carboxylic acids is 1. The summed E-state index contributed by atoms with van der Waals surface area (Å²) >= 11 is 6.13. The van der Waals surface area contributed by atoms with E-state index in [2.05, 4.69) is 25.3 Å². The summed E-state index contributed by atoms with van der Waals surface area (Å²) in [6.45, 7) is 5.24. The molecule has 1 aliphatic heterocycles. The molecule has 4 nitrogen and oxygen atoms in total. The second-order valence-electron chi connectivity index (χ2n) is 7.67. The fourth-order valence-corrected chi connectivity index (χ4v) is 5.70. The number of rotatable bonds is 2. The van der Waals surface area contributed by atoms with Crippen LogP contribution in [0.1, 0.15) is 43.5 Å². The van der Waals surface area contributed by atoms with E-state index in [1.54, 1.807) is 24.3 Å². The van der Waals surface area contributed by atoms with E-state index in [0.717, 1.165) is 19.4 Å². The fourth-order valence-electron chi connectivity index (χ4n) is 5.47. The molecule has 2 saturated carbocycles. The van der Waals surface area contributed by atoms with Crippen molar-refractivity contribution in [3.05, 3.63) is 34.9 Å². The van der Waals surface area contributed by atoms with Gasteiger partial charge in [-0.15, -0.1) is 0 Å². The largest absolute Gasteiger partial charge is 0.283 e. The number of halogens is 1. The molecular weight excluding hydrogens is 310 g/mol. The average molecular weight is 330 g/mol. The molecule has 5 heteroatoms. The Morgan fingerprint density at radius 3 is 2.83 bits per heavy atom. The summed E-state index contributed by atoms with van der Waals surface area (Å²) in [5.41, 5.74) is 2.87. The van der Waals surface area contributed by atoms with Crippen molar-refractivity contribution in [2.24, 2.45) is 16.7 Å². The molecule has 0 radical (unpaired) electrons. The van der Waals surface area contributed by atoms with Gasteiger partial charge in [0.2, 0.25) is 0 Å². The number of benzene rings is 1. The van der Waals surface area contributed by atoms with Crippen molar-refractivity contribution in [3.63, 3.8) is 0 Å². The minimum Gasteiger partial charge on any atom is -0.283 e. The highest BCUT2D eigenvalue weighted by Crippen LogP contribution is 2.75. The zero-order valence-corrected chi connectivity index (χ0v) is 14.2. The molecular formula is C18H20ClN3O. The standard InChI is InChI=1S/C18H20ClN3O/c1-16-11-22(21-15(23)13-5-3-4-6-14(13)19)18(10-20)9-12(16)7-8-17(16,18)2/h3-6,12H,7-9,11H2,1-2H3,(H,21,23)/t12-,16-,17+,18-/m0/s1. The molecule has 1 aromatic rings. The number of hydrogen-bond acceptors (Lipinski definition) is 3. The molecule has 0 unspecified atom stereocenters. The highest BCUT2D eigenvalue weighted by molar-refractivity contribution is 6.33. The number of nitrogens with one attached hydrogen (secondary N) is 1. The zero-order valence-electron chi connectivity index (χ0n) is 13.4. The van der Waals surface area contributed by atoms with Crippen LogP contribution in [0.2, 0.25) is 5.02 Å². The highest BCUT2D eigenvalue weighted by atomic mass is 35.5. The minimum atomic E-state index is -0.596. The van der Waals surface area contributed by atoms with E-state index >= 15 is 0 Å². The van der Waals surface area contributed by atoms with Crippen molar-refractivity contribution in [1.82, 2.24) is 10.4 Å². The monoisotopic (exact) mass is 329 g/mol. The quantitative estimate of drug-likeness (QED) is 0.904. The molecule has 0 aromatic heterocycles. The van der Waals surface area contributed by atoms with E-state index in [1.807, 2.05) is 5.01 Å². The van der Waals surface area contributed by atoms with Crippen molar-refractivity contribution in [3.8, 4) is 6.07 Å². The van der Waals surface area contributed by atoms with Gasteiger partial charge in [-0.3, -0.25) is 10.2 Å². The first-order valence-corrected chi connectivity index (χ1v) is 8.50. The SMILES string of the molecule is C[C@]12CC[C@H]3C[C@@]1(C#N)N(NC(=O)c1ccccc1Cl)C[C@@]32C. The Balaban J connectivity index is 1.66. The topological polar surface area (TPSA) is 56.1 Å². The van der Waals surface area contributed by atoms with Crippen LogP contribution in [0.25, 0.3) is 0 Å². The number of amides is 1. The molecule has 120 valence electrons. The number of nitrogens with zero attached hydrogens (tertiary/aromatic N) is 2. The highest BCUT2D eigenvalue weighted by Gasteiger charge is 2.78. The van der Waals surface area contributed by atoms with Gasteiger partial charge in [-0.1, -0.05) is 37.6 Å². The van der Waals surface area contributed by atoms with Crippen LogP contribution in [-0.4, -0.2) is 23.0 Å². The second-order valence-corrected chi connectivity index (χ2v) is 8.08. The molecule has 1 amide bonds. The van der Waals surface area contributed by atoms with E-state index in [1.165, 1.54) is 6.42 Å². The number of nitriles is 1. The first-order valence-electron chi connectivity index (χ1n) is 8.12. The summed E-state index contributed by atoms with van der Waals surface area (Å²) in [6, 6.07) is 9.57. The molecule has 4 rings (SSSR count). The van der Waals surface area contributed by atoms with Gasteiger partial charge in [0.25, 0.3) is 5.91 Å². The lowest BCUT2D eigenvalue weighted by Crippen LogP contribution is -2.59. The number of hydrazine groups is 1. The van der Waals surface area contributed by atoms with Crippen LogP contribution < -0.4 is 5.43 Å². The van der Waals surface area contributed by atoms with E-state index < -0.39 is 5.54 Å². The van der Waals surface area contributed by atoms with Crippen LogP contribution in [0.3, 0.4) is 0 Å². The molecule has 3 fully saturated rings. The molecule has 4 bridgehead atoms. The maximum atomic E-state index is 12.6. The lowest BCUT2D eigenvalue weighted by Gasteiger charge is -2.42. The van der Waals surface area contributed by atoms with E-state index in [9.17, 15) is 10.1 Å². The third kappa shape index (κ3) is 1.57. The smallest absolute Gasteiger partial charge is 0.267 e. The van der Waals surface area contributed by atoms with Crippen LogP contribution in [0.15, 0.2) is 24.3 Å². The van der Waals surface area contributed by atoms with Crippen molar-refractivity contribution >= 4 is 17.5 Å². The van der Waals surface area contributed by atoms with Gasteiger partial charge < -0.3 is 0 Å². The van der Waals surface area contributed by atoms with Gasteiger partial charge in [0.15, 0.2) is 0 Å². The summed E-state index contributed by atoms with van der Waals surface area (Å²) in [4.78, 5) is 12.6.